The summed E-state index contributed by atoms with van der Waals surface area (Å²) in [6.45, 7) is 7.24. The predicted molar refractivity (Wildman–Crippen MR) is 159 cm³/mol. The zero-order valence-corrected chi connectivity index (χ0v) is 25.6. The third-order valence-corrected chi connectivity index (χ3v) is 11.0. The zero-order chi connectivity index (χ0) is 29.0. The van der Waals surface area contributed by atoms with Gasteiger partial charge in [-0.25, -0.2) is 8.42 Å². The predicted octanol–water partition coefficient (Wildman–Crippen LogP) is 4.53. The smallest absolute Gasteiger partial charge is 0.249 e. The number of ether oxygens (including phenoxy) is 2. The van der Waals surface area contributed by atoms with Gasteiger partial charge in [-0.15, -0.1) is 0 Å². The molecule has 2 aromatic carbocycles. The Kier molecular flexibility index (Phi) is 9.69. The van der Waals surface area contributed by atoms with Crippen molar-refractivity contribution in [2.75, 3.05) is 40.0 Å². The van der Waals surface area contributed by atoms with Crippen LogP contribution in [-0.2, 0) is 26.1 Å². The van der Waals surface area contributed by atoms with E-state index in [0.717, 1.165) is 64.6 Å². The fourth-order valence-corrected chi connectivity index (χ4v) is 8.72. The minimum Gasteiger partial charge on any atom is -0.497 e. The van der Waals surface area contributed by atoms with Crippen LogP contribution in [0, 0.1) is 13.8 Å². The van der Waals surface area contributed by atoms with Gasteiger partial charge >= 0.3 is 0 Å². The number of carbonyl (C=O) groups excluding carboxylic acids is 1. The van der Waals surface area contributed by atoms with E-state index in [1.165, 1.54) is 5.56 Å². The molecule has 8 nitrogen and oxygen atoms in total. The number of amides is 1. The highest BCUT2D eigenvalue weighted by atomic mass is 32.2. The van der Waals surface area contributed by atoms with Crippen molar-refractivity contribution in [2.24, 2.45) is 0 Å². The highest BCUT2D eigenvalue weighted by Crippen LogP contribution is 2.34. The lowest BCUT2D eigenvalue weighted by atomic mass is 10.0. The van der Waals surface area contributed by atoms with Crippen LogP contribution >= 0.6 is 0 Å². The second-order valence-corrected chi connectivity index (χ2v) is 13.7. The summed E-state index contributed by atoms with van der Waals surface area (Å²) in [5.74, 6) is 0.694. The number of likely N-dealkylation sites (tertiary alicyclic amines) is 1. The topological polar surface area (TPSA) is 79.4 Å². The molecule has 2 aromatic rings. The number of methoxy groups -OCH3 is 1. The zero-order valence-electron chi connectivity index (χ0n) is 24.8. The van der Waals surface area contributed by atoms with Crippen molar-refractivity contribution in [3.05, 3.63) is 59.2 Å². The summed E-state index contributed by atoms with van der Waals surface area (Å²) in [5.41, 5.74) is 2.68. The average Bonchev–Trinajstić information content (AvgIpc) is 3.79. The molecule has 41 heavy (non-hydrogen) atoms. The van der Waals surface area contributed by atoms with Gasteiger partial charge in [-0.2, -0.15) is 4.31 Å². The first-order chi connectivity index (χ1) is 19.8. The minimum absolute atomic E-state index is 0.00566. The molecule has 5 rings (SSSR count). The lowest BCUT2D eigenvalue weighted by molar-refractivity contribution is -0.140. The van der Waals surface area contributed by atoms with Gasteiger partial charge in [-0.1, -0.05) is 36.8 Å². The summed E-state index contributed by atoms with van der Waals surface area (Å²) in [4.78, 5) is 18.3. The van der Waals surface area contributed by atoms with Gasteiger partial charge < -0.3 is 14.4 Å². The number of rotatable bonds is 11. The molecular weight excluding hydrogens is 538 g/mol. The molecule has 2 aliphatic heterocycles. The Morgan fingerprint density at radius 2 is 1.59 bits per heavy atom. The quantitative estimate of drug-likeness (QED) is 0.387. The first-order valence-electron chi connectivity index (χ1n) is 15.1. The second-order valence-electron chi connectivity index (χ2n) is 11.9. The number of aryl methyl sites for hydroxylation is 2. The van der Waals surface area contributed by atoms with Gasteiger partial charge in [0.2, 0.25) is 15.9 Å². The monoisotopic (exact) mass is 583 g/mol. The number of nitrogens with zero attached hydrogens (tertiary/aromatic N) is 3. The van der Waals surface area contributed by atoms with Crippen LogP contribution in [0.25, 0.3) is 0 Å². The first kappa shape index (κ1) is 30.0. The van der Waals surface area contributed by atoms with Crippen LogP contribution in [0.4, 0.5) is 0 Å². The van der Waals surface area contributed by atoms with Gasteiger partial charge in [0.25, 0.3) is 0 Å². The molecule has 0 N–H and O–H groups in total. The lowest BCUT2D eigenvalue weighted by Crippen LogP contribution is -2.50. The van der Waals surface area contributed by atoms with Crippen LogP contribution in [0.2, 0.25) is 0 Å². The summed E-state index contributed by atoms with van der Waals surface area (Å²) < 4.78 is 40.6. The molecule has 3 fully saturated rings. The first-order valence-corrected chi connectivity index (χ1v) is 16.5. The molecule has 224 valence electrons. The summed E-state index contributed by atoms with van der Waals surface area (Å²) in [6, 6.07) is 14.4. The van der Waals surface area contributed by atoms with E-state index in [9.17, 15) is 13.2 Å². The molecule has 0 radical (unpaired) electrons. The maximum atomic E-state index is 13.8. The van der Waals surface area contributed by atoms with Gasteiger partial charge in [0.05, 0.1) is 18.6 Å². The van der Waals surface area contributed by atoms with Gasteiger partial charge in [0.15, 0.2) is 0 Å². The number of hydrogen-bond acceptors (Lipinski definition) is 6. The maximum Gasteiger partial charge on any atom is 0.249 e. The highest BCUT2D eigenvalue weighted by molar-refractivity contribution is 7.89. The molecule has 0 bridgehead atoms. The summed E-state index contributed by atoms with van der Waals surface area (Å²) in [7, 11) is -2.13. The van der Waals surface area contributed by atoms with Crippen molar-refractivity contribution >= 4 is 15.9 Å². The molecule has 1 saturated carbocycles. The number of benzene rings is 2. The summed E-state index contributed by atoms with van der Waals surface area (Å²) in [5, 5.41) is 0. The fourth-order valence-electron chi connectivity index (χ4n) is 6.62. The van der Waals surface area contributed by atoms with Gasteiger partial charge in [0.1, 0.15) is 12.4 Å². The van der Waals surface area contributed by atoms with Crippen molar-refractivity contribution in [3.63, 3.8) is 0 Å². The van der Waals surface area contributed by atoms with E-state index in [1.54, 1.807) is 23.5 Å². The van der Waals surface area contributed by atoms with Crippen molar-refractivity contribution in [3.8, 4) is 5.75 Å². The van der Waals surface area contributed by atoms with Crippen LogP contribution in [0.15, 0.2) is 47.4 Å². The molecule has 1 aliphatic carbocycles. The van der Waals surface area contributed by atoms with Crippen molar-refractivity contribution in [1.82, 2.24) is 14.1 Å². The molecule has 1 unspecified atom stereocenters. The molecule has 9 heteroatoms. The highest BCUT2D eigenvalue weighted by Gasteiger charge is 2.39. The van der Waals surface area contributed by atoms with Crippen LogP contribution in [0.5, 0.6) is 5.75 Å². The third kappa shape index (κ3) is 7.13. The molecular formula is C32H45N3O5S. The number of piperidine rings is 2. The van der Waals surface area contributed by atoms with Crippen LogP contribution < -0.4 is 4.74 Å². The SMILES string of the molecule is COc1cc(C)c(S(=O)(=O)N2CCCCC2COCC(=O)N(C2CC2)C2CCN(Cc3ccccc3)CC2)c(C)c1. The fraction of sp³-hybridized carbons (Fsp3) is 0.594. The lowest BCUT2D eigenvalue weighted by Gasteiger charge is -2.39. The van der Waals surface area contributed by atoms with Crippen LogP contribution in [0.1, 0.15) is 61.6 Å². The van der Waals surface area contributed by atoms with E-state index in [0.29, 0.717) is 34.4 Å². The molecule has 3 aliphatic rings. The Labute approximate surface area is 245 Å². The van der Waals surface area contributed by atoms with Crippen molar-refractivity contribution in [1.29, 1.82) is 0 Å². The number of carbonyl (C=O) groups is 1. The Balaban J connectivity index is 1.17. The van der Waals surface area contributed by atoms with Crippen molar-refractivity contribution < 1.29 is 22.7 Å². The molecule has 0 aromatic heterocycles. The Morgan fingerprint density at radius 1 is 0.927 bits per heavy atom. The van der Waals surface area contributed by atoms with E-state index in [1.807, 2.05) is 19.9 Å². The summed E-state index contributed by atoms with van der Waals surface area (Å²) in [6.07, 6.45) is 6.57. The van der Waals surface area contributed by atoms with E-state index in [4.69, 9.17) is 9.47 Å². The largest absolute Gasteiger partial charge is 0.497 e. The second kappa shape index (κ2) is 13.2. The molecule has 2 heterocycles. The third-order valence-electron chi connectivity index (χ3n) is 8.77. The molecule has 1 amide bonds. The van der Waals surface area contributed by atoms with Gasteiger partial charge in [-0.3, -0.25) is 9.69 Å². The average molecular weight is 584 g/mol. The number of hydrogen-bond donors (Lipinski definition) is 0. The van der Waals surface area contributed by atoms with Crippen LogP contribution in [0.3, 0.4) is 0 Å². The standard InChI is InChI=1S/C32H45N3O5S/c1-24-19-30(39-3)20-25(2)32(24)41(37,38)34-16-8-7-11-29(34)22-40-23-31(36)35(27-12-13-27)28-14-17-33(18-15-28)21-26-9-5-4-6-10-26/h4-6,9-10,19-20,27-29H,7-8,11-18,21-23H2,1-3H3. The van der Waals surface area contributed by atoms with E-state index >= 15 is 0 Å². The van der Waals surface area contributed by atoms with E-state index in [2.05, 4.69) is 34.1 Å². The van der Waals surface area contributed by atoms with Gasteiger partial charge in [0, 0.05) is 44.3 Å². The Bertz CT molecular complexity index is 1270. The Morgan fingerprint density at radius 3 is 2.22 bits per heavy atom. The van der Waals surface area contributed by atoms with Crippen molar-refractivity contribution in [2.45, 2.75) is 88.4 Å². The number of sulfonamides is 1. The Hall–Kier alpha value is -2.46. The van der Waals surface area contributed by atoms with Crippen LogP contribution in [-0.4, -0.2) is 86.5 Å². The molecule has 2 saturated heterocycles. The molecule has 1 atom stereocenters. The normalized spacial score (nSPS) is 21.1. The summed E-state index contributed by atoms with van der Waals surface area (Å²) >= 11 is 0. The van der Waals surface area contributed by atoms with E-state index < -0.39 is 10.0 Å². The van der Waals surface area contributed by atoms with E-state index in [-0.39, 0.29) is 31.2 Å². The maximum absolute atomic E-state index is 13.8. The van der Waals surface area contributed by atoms with Gasteiger partial charge in [-0.05, 0) is 81.2 Å². The minimum atomic E-state index is -3.72. The molecule has 0 spiro atoms.